The summed E-state index contributed by atoms with van der Waals surface area (Å²) >= 11 is 1.86. The fourth-order valence-corrected chi connectivity index (χ4v) is 8.43. The Morgan fingerprint density at radius 1 is 0.404 bits per heavy atom. The van der Waals surface area contributed by atoms with Crippen LogP contribution >= 0.6 is 11.3 Å². The molecule has 10 aromatic rings. The molecular weight excluding hydrogens is 591 g/mol. The third-order valence-electron chi connectivity index (χ3n) is 9.46. The minimum atomic E-state index is 0.912. The molecule has 47 heavy (non-hydrogen) atoms. The van der Waals surface area contributed by atoms with Gasteiger partial charge in [0.05, 0.1) is 11.4 Å². The van der Waals surface area contributed by atoms with E-state index in [2.05, 4.69) is 157 Å². The van der Waals surface area contributed by atoms with E-state index >= 15 is 0 Å². The van der Waals surface area contributed by atoms with Crippen molar-refractivity contribution in [2.75, 3.05) is 4.90 Å². The predicted molar refractivity (Wildman–Crippen MR) is 202 cm³/mol. The summed E-state index contributed by atoms with van der Waals surface area (Å²) < 4.78 is 8.76. The van der Waals surface area contributed by atoms with Crippen LogP contribution in [0.4, 0.5) is 17.1 Å². The Hall–Kier alpha value is -5.90. The summed E-state index contributed by atoms with van der Waals surface area (Å²) in [6, 6.07) is 59.2. The number of nitrogens with zero attached hydrogens (tertiary/aromatic N) is 1. The fourth-order valence-electron chi connectivity index (χ4n) is 7.29. The highest BCUT2D eigenvalue weighted by molar-refractivity contribution is 7.25. The number of rotatable bonds is 4. The van der Waals surface area contributed by atoms with Gasteiger partial charge in [-0.2, -0.15) is 0 Å². The predicted octanol–water partition coefficient (Wildman–Crippen LogP) is 13.4. The molecule has 2 nitrogen and oxygen atoms in total. The first-order valence-corrected chi connectivity index (χ1v) is 16.7. The van der Waals surface area contributed by atoms with Crippen LogP contribution < -0.4 is 4.90 Å². The van der Waals surface area contributed by atoms with Gasteiger partial charge in [-0.1, -0.05) is 115 Å². The van der Waals surface area contributed by atoms with Crippen LogP contribution in [-0.2, 0) is 0 Å². The van der Waals surface area contributed by atoms with E-state index in [0.717, 1.165) is 39.0 Å². The van der Waals surface area contributed by atoms with Crippen LogP contribution in [0, 0.1) is 0 Å². The van der Waals surface area contributed by atoms with E-state index in [1.54, 1.807) is 0 Å². The standard InChI is InChI=1S/C44H27NOS/c1-2-12-32-28(10-1)11-9-17-39(32)45(30-21-22-37-36-16-6-8-19-43(36)47-44(37)27-30)40-24-23-31(33-13-3-4-14-34(33)40)29-20-25-42-38(26-29)35-15-5-7-18-41(35)46-42/h1-27H. The molecule has 8 aromatic carbocycles. The Bertz CT molecular complexity index is 2820. The van der Waals surface area contributed by atoms with Crippen molar-refractivity contribution in [1.82, 2.24) is 0 Å². The molecule has 3 heteroatoms. The van der Waals surface area contributed by atoms with Gasteiger partial charge in [0.1, 0.15) is 11.2 Å². The number of hydrogen-bond donors (Lipinski definition) is 0. The van der Waals surface area contributed by atoms with Crippen LogP contribution in [-0.4, -0.2) is 0 Å². The zero-order valence-electron chi connectivity index (χ0n) is 25.4. The van der Waals surface area contributed by atoms with Crippen molar-refractivity contribution in [3.8, 4) is 11.1 Å². The summed E-state index contributed by atoms with van der Waals surface area (Å²) in [5, 5.41) is 9.75. The van der Waals surface area contributed by atoms with Gasteiger partial charge < -0.3 is 9.32 Å². The quantitative estimate of drug-likeness (QED) is 0.195. The first-order chi connectivity index (χ1) is 23.3. The van der Waals surface area contributed by atoms with E-state index < -0.39 is 0 Å². The first-order valence-electron chi connectivity index (χ1n) is 15.9. The normalized spacial score (nSPS) is 11.8. The summed E-state index contributed by atoms with van der Waals surface area (Å²) in [4.78, 5) is 2.45. The van der Waals surface area contributed by atoms with E-state index in [0.29, 0.717) is 0 Å². The molecule has 2 aromatic heterocycles. The second-order valence-electron chi connectivity index (χ2n) is 12.1. The summed E-state index contributed by atoms with van der Waals surface area (Å²) in [6.45, 7) is 0. The van der Waals surface area contributed by atoms with Crippen LogP contribution in [0.5, 0.6) is 0 Å². The zero-order valence-corrected chi connectivity index (χ0v) is 26.2. The highest BCUT2D eigenvalue weighted by atomic mass is 32.1. The average Bonchev–Trinajstić information content (AvgIpc) is 3.69. The molecule has 0 aliphatic heterocycles. The van der Waals surface area contributed by atoms with E-state index in [1.807, 2.05) is 23.5 Å². The Kier molecular flexibility index (Phi) is 5.78. The maximum Gasteiger partial charge on any atom is 0.135 e. The van der Waals surface area contributed by atoms with E-state index in [9.17, 15) is 0 Å². The molecule has 10 rings (SSSR count). The zero-order chi connectivity index (χ0) is 30.9. The molecule has 0 amide bonds. The van der Waals surface area contributed by atoms with Gasteiger partial charge in [-0.05, 0) is 70.4 Å². The molecule has 2 heterocycles. The lowest BCUT2D eigenvalue weighted by Gasteiger charge is -2.28. The van der Waals surface area contributed by atoms with Crippen LogP contribution in [0.2, 0.25) is 0 Å². The summed E-state index contributed by atoms with van der Waals surface area (Å²) in [5.74, 6) is 0. The molecule has 0 aliphatic carbocycles. The SMILES string of the molecule is c1ccc2c(N(c3ccc4c(c3)sc3ccccc34)c3ccc(-c4ccc5oc6ccccc6c5c4)c4ccccc34)cccc2c1. The minimum absolute atomic E-state index is 0.912. The maximum atomic E-state index is 6.16. The lowest BCUT2D eigenvalue weighted by molar-refractivity contribution is 0.669. The summed E-state index contributed by atoms with van der Waals surface area (Å²) in [7, 11) is 0. The van der Waals surface area contributed by atoms with Crippen molar-refractivity contribution in [2.45, 2.75) is 0 Å². The lowest BCUT2D eigenvalue weighted by Crippen LogP contribution is -2.11. The third-order valence-corrected chi connectivity index (χ3v) is 10.6. The van der Waals surface area contributed by atoms with Crippen molar-refractivity contribution >= 4 is 92.1 Å². The smallest absolute Gasteiger partial charge is 0.135 e. The maximum absolute atomic E-state index is 6.16. The van der Waals surface area contributed by atoms with Crippen LogP contribution in [0.3, 0.4) is 0 Å². The monoisotopic (exact) mass is 617 g/mol. The molecule has 0 aliphatic rings. The van der Waals surface area contributed by atoms with Crippen LogP contribution in [0.25, 0.3) is 74.8 Å². The third kappa shape index (κ3) is 4.10. The second-order valence-corrected chi connectivity index (χ2v) is 13.2. The largest absolute Gasteiger partial charge is 0.456 e. The molecule has 220 valence electrons. The molecule has 0 fully saturated rings. The van der Waals surface area contributed by atoms with Gasteiger partial charge in [-0.25, -0.2) is 0 Å². The van der Waals surface area contributed by atoms with Crippen LogP contribution in [0.1, 0.15) is 0 Å². The van der Waals surface area contributed by atoms with Crippen LogP contribution in [0.15, 0.2) is 168 Å². The molecule has 0 N–H and O–H groups in total. The molecule has 0 atom stereocenters. The Balaban J connectivity index is 1.22. The molecule has 0 saturated heterocycles. The number of benzene rings is 8. The number of para-hydroxylation sites is 1. The number of anilines is 3. The molecule has 0 spiro atoms. The number of hydrogen-bond acceptors (Lipinski definition) is 3. The van der Waals surface area contributed by atoms with Crippen molar-refractivity contribution < 1.29 is 4.42 Å². The van der Waals surface area contributed by atoms with E-state index in [4.69, 9.17) is 4.42 Å². The van der Waals surface area contributed by atoms with Gasteiger partial charge in [0.15, 0.2) is 0 Å². The highest BCUT2D eigenvalue weighted by Crippen LogP contribution is 2.46. The fraction of sp³-hybridized carbons (Fsp3) is 0. The van der Waals surface area contributed by atoms with Crippen molar-refractivity contribution in [1.29, 1.82) is 0 Å². The second kappa shape index (κ2) is 10.3. The topological polar surface area (TPSA) is 16.4 Å². The van der Waals surface area contributed by atoms with Crippen molar-refractivity contribution in [3.63, 3.8) is 0 Å². The number of thiophene rings is 1. The Labute approximate surface area is 275 Å². The Morgan fingerprint density at radius 2 is 1.09 bits per heavy atom. The minimum Gasteiger partial charge on any atom is -0.456 e. The van der Waals surface area contributed by atoms with E-state index in [-0.39, 0.29) is 0 Å². The molecule has 0 bridgehead atoms. The molecule has 0 unspecified atom stereocenters. The summed E-state index contributed by atoms with van der Waals surface area (Å²) in [6.07, 6.45) is 0. The highest BCUT2D eigenvalue weighted by Gasteiger charge is 2.20. The summed E-state index contributed by atoms with van der Waals surface area (Å²) in [5.41, 5.74) is 7.66. The average molecular weight is 618 g/mol. The number of fused-ring (bicyclic) bond motifs is 8. The lowest BCUT2D eigenvalue weighted by atomic mass is 9.95. The number of furan rings is 1. The molecule has 0 radical (unpaired) electrons. The van der Waals surface area contributed by atoms with Gasteiger partial charge in [-0.3, -0.25) is 0 Å². The molecule has 0 saturated carbocycles. The first kappa shape index (κ1) is 26.3. The molecular formula is C44H27NOS. The van der Waals surface area contributed by atoms with Gasteiger partial charge >= 0.3 is 0 Å². The van der Waals surface area contributed by atoms with Gasteiger partial charge in [0, 0.05) is 47.4 Å². The van der Waals surface area contributed by atoms with E-state index in [1.165, 1.54) is 52.8 Å². The van der Waals surface area contributed by atoms with Gasteiger partial charge in [-0.15, -0.1) is 11.3 Å². The van der Waals surface area contributed by atoms with Gasteiger partial charge in [0.25, 0.3) is 0 Å². The van der Waals surface area contributed by atoms with Gasteiger partial charge in [0.2, 0.25) is 0 Å². The van der Waals surface area contributed by atoms with Crippen molar-refractivity contribution in [3.05, 3.63) is 164 Å². The van der Waals surface area contributed by atoms with Crippen molar-refractivity contribution in [2.24, 2.45) is 0 Å². The Morgan fingerprint density at radius 3 is 2.00 bits per heavy atom.